The van der Waals surface area contributed by atoms with Gasteiger partial charge in [0.25, 0.3) is 0 Å². The van der Waals surface area contributed by atoms with Crippen LogP contribution in [0.3, 0.4) is 0 Å². The summed E-state index contributed by atoms with van der Waals surface area (Å²) < 4.78 is 0. The van der Waals surface area contributed by atoms with Crippen molar-refractivity contribution >= 4 is 35.1 Å². The number of aromatic carboxylic acids is 2. The lowest BCUT2D eigenvalue weighted by Gasteiger charge is -2.21. The van der Waals surface area contributed by atoms with E-state index < -0.39 is 11.9 Å². The van der Waals surface area contributed by atoms with E-state index in [1.807, 2.05) is 36.4 Å². The normalized spacial score (nSPS) is 12.5. The van der Waals surface area contributed by atoms with Crippen LogP contribution in [-0.2, 0) is 6.42 Å². The number of rotatable bonds is 7. The second-order valence-corrected chi connectivity index (χ2v) is 10.6. The second-order valence-electron chi connectivity index (χ2n) is 9.82. The molecule has 8 heteroatoms. The monoisotopic (exact) mass is 594 g/mol. The van der Waals surface area contributed by atoms with Crippen molar-refractivity contribution in [1.29, 1.82) is 0 Å². The summed E-state index contributed by atoms with van der Waals surface area (Å²) in [5.74, 6) is -3.35. The van der Waals surface area contributed by atoms with Crippen molar-refractivity contribution in [2.45, 2.75) is 45.2 Å². The molecule has 0 aliphatic heterocycles. The smallest absolute Gasteiger partial charge is 0.107 e. The summed E-state index contributed by atoms with van der Waals surface area (Å²) in [6, 6.07) is 30.8. The predicted octanol–water partition coefficient (Wildman–Crippen LogP) is 4.05. The van der Waals surface area contributed by atoms with E-state index in [2.05, 4.69) is 49.6 Å². The first-order valence-electron chi connectivity index (χ1n) is 13.2. The summed E-state index contributed by atoms with van der Waals surface area (Å²) in [5.41, 5.74) is 10.9. The topological polar surface area (TPSA) is 136 Å². The van der Waals surface area contributed by atoms with Gasteiger partial charge in [-0.05, 0) is 49.4 Å². The molecule has 4 aromatic carbocycles. The lowest BCUT2D eigenvalue weighted by Crippen LogP contribution is -2.51. The number of quaternary nitrogens is 2. The number of hydrogen-bond donors (Lipinski definition) is 2. The summed E-state index contributed by atoms with van der Waals surface area (Å²) in [4.78, 5) is 22.5. The maximum atomic E-state index is 11.4. The van der Waals surface area contributed by atoms with Gasteiger partial charge in [0.05, 0.1) is 22.0 Å². The Kier molecular flexibility index (Phi) is 13.5. The number of carboxylic acid groups (broad SMARTS) is 2. The molecular weight excluding hydrogens is 559 g/mol. The molecule has 6 N–H and O–H groups in total. The molecule has 0 saturated heterocycles. The third kappa shape index (κ3) is 10.7. The van der Waals surface area contributed by atoms with Crippen LogP contribution >= 0.6 is 23.2 Å². The standard InChI is InChI=1S/C17H14Cl2O4.2C8H11N/c1-9(7-10-5-6-13(18)14(19)8-10)11-3-2-4-12(16(20)21)15(11)17(22)23;2*1-7(9)8-5-3-2-4-6-8/h2-6,8-9H,7H2,1H3,(H,20,21)(H,22,23);2*2-7H,9H2,1H3/t;2*7-/m.00/s1. The average Bonchev–Trinajstić information content (AvgIpc) is 2.96. The highest BCUT2D eigenvalue weighted by molar-refractivity contribution is 6.42. The van der Waals surface area contributed by atoms with Crippen LogP contribution in [0.1, 0.15) is 81.7 Å². The third-order valence-electron chi connectivity index (χ3n) is 6.31. The molecule has 0 aliphatic carbocycles. The van der Waals surface area contributed by atoms with E-state index in [1.165, 1.54) is 23.3 Å². The van der Waals surface area contributed by atoms with Crippen LogP contribution in [0.2, 0.25) is 10.0 Å². The summed E-state index contributed by atoms with van der Waals surface area (Å²) in [5, 5.41) is 23.3. The van der Waals surface area contributed by atoms with E-state index in [0.29, 0.717) is 34.1 Å². The lowest BCUT2D eigenvalue weighted by molar-refractivity contribution is -0.420. The molecule has 0 aromatic heterocycles. The van der Waals surface area contributed by atoms with Crippen molar-refractivity contribution in [3.05, 3.63) is 140 Å². The molecule has 0 fully saturated rings. The first-order valence-corrected chi connectivity index (χ1v) is 13.9. The molecule has 3 atom stereocenters. The first-order chi connectivity index (χ1) is 19.4. The molecule has 216 valence electrons. The van der Waals surface area contributed by atoms with Gasteiger partial charge in [0.2, 0.25) is 0 Å². The summed E-state index contributed by atoms with van der Waals surface area (Å²) in [7, 11) is 0. The van der Waals surface area contributed by atoms with Crippen molar-refractivity contribution in [3.63, 3.8) is 0 Å². The van der Waals surface area contributed by atoms with Crippen molar-refractivity contribution in [2.24, 2.45) is 0 Å². The SMILES string of the molecule is CC(Cc1ccc(Cl)c(Cl)c1)c1cccc(C(=O)[O-])c1C(=O)[O-].C[C@H]([NH3+])c1ccccc1.C[C@H]([NH3+])c1ccccc1. The van der Waals surface area contributed by atoms with Gasteiger partial charge in [-0.3, -0.25) is 0 Å². The summed E-state index contributed by atoms with van der Waals surface area (Å²) in [6.07, 6.45) is 0.466. The van der Waals surface area contributed by atoms with Crippen molar-refractivity contribution in [3.8, 4) is 0 Å². The largest absolute Gasteiger partial charge is 0.545 e. The van der Waals surface area contributed by atoms with Crippen LogP contribution in [0.15, 0.2) is 97.1 Å². The van der Waals surface area contributed by atoms with Gasteiger partial charge in [0.1, 0.15) is 12.1 Å². The van der Waals surface area contributed by atoms with Crippen molar-refractivity contribution < 1.29 is 31.3 Å². The van der Waals surface area contributed by atoms with E-state index >= 15 is 0 Å². The molecule has 0 saturated carbocycles. The highest BCUT2D eigenvalue weighted by Crippen LogP contribution is 2.29. The molecule has 6 nitrogen and oxygen atoms in total. The Morgan fingerprint density at radius 2 is 1.20 bits per heavy atom. The van der Waals surface area contributed by atoms with Crippen LogP contribution in [0.5, 0.6) is 0 Å². The average molecular weight is 596 g/mol. The number of carbonyl (C=O) groups excluding carboxylic acids is 2. The van der Waals surface area contributed by atoms with Crippen LogP contribution < -0.4 is 21.7 Å². The molecule has 0 radical (unpaired) electrons. The van der Waals surface area contributed by atoms with Crippen LogP contribution in [0.4, 0.5) is 0 Å². The molecule has 41 heavy (non-hydrogen) atoms. The first kappa shape index (κ1) is 33.5. The van der Waals surface area contributed by atoms with Crippen molar-refractivity contribution in [1.82, 2.24) is 0 Å². The zero-order valence-corrected chi connectivity index (χ0v) is 25.0. The Bertz CT molecular complexity index is 1370. The minimum absolute atomic E-state index is 0.264. The predicted molar refractivity (Wildman–Crippen MR) is 159 cm³/mol. The molecular formula is C33H36Cl2N2O4. The quantitative estimate of drug-likeness (QED) is 0.333. The molecule has 0 bridgehead atoms. The van der Waals surface area contributed by atoms with Gasteiger partial charge < -0.3 is 31.3 Å². The highest BCUT2D eigenvalue weighted by Gasteiger charge is 2.16. The minimum Gasteiger partial charge on any atom is -0.545 e. The zero-order valence-electron chi connectivity index (χ0n) is 23.5. The molecule has 0 heterocycles. The number of hydrogen-bond acceptors (Lipinski definition) is 4. The van der Waals surface area contributed by atoms with Gasteiger partial charge >= 0.3 is 0 Å². The second kappa shape index (κ2) is 16.6. The van der Waals surface area contributed by atoms with Crippen LogP contribution in [0.25, 0.3) is 0 Å². The molecule has 0 spiro atoms. The number of carboxylic acids is 2. The maximum absolute atomic E-state index is 11.4. The zero-order chi connectivity index (χ0) is 30.5. The maximum Gasteiger partial charge on any atom is 0.107 e. The number of carbonyl (C=O) groups is 2. The van der Waals surface area contributed by atoms with Gasteiger partial charge in [-0.1, -0.05) is 115 Å². The molecule has 4 rings (SSSR count). The van der Waals surface area contributed by atoms with E-state index in [0.717, 1.165) is 5.56 Å². The lowest BCUT2D eigenvalue weighted by atomic mass is 9.88. The van der Waals surface area contributed by atoms with E-state index in [-0.39, 0.29) is 17.0 Å². The van der Waals surface area contributed by atoms with E-state index in [4.69, 9.17) is 23.2 Å². The van der Waals surface area contributed by atoms with Crippen LogP contribution in [0, 0.1) is 0 Å². The summed E-state index contributed by atoms with van der Waals surface area (Å²) in [6.45, 7) is 5.98. The van der Waals surface area contributed by atoms with Gasteiger partial charge in [-0.15, -0.1) is 0 Å². The molecule has 4 aromatic rings. The Morgan fingerprint density at radius 3 is 1.59 bits per heavy atom. The van der Waals surface area contributed by atoms with E-state index in [1.54, 1.807) is 31.2 Å². The number of benzene rings is 4. The Morgan fingerprint density at radius 1 is 0.683 bits per heavy atom. The fourth-order valence-electron chi connectivity index (χ4n) is 4.07. The Labute approximate surface area is 251 Å². The molecule has 0 amide bonds. The van der Waals surface area contributed by atoms with Gasteiger partial charge in [0.15, 0.2) is 0 Å². The van der Waals surface area contributed by atoms with Crippen molar-refractivity contribution in [2.75, 3.05) is 0 Å². The fraction of sp³-hybridized carbons (Fsp3) is 0.212. The summed E-state index contributed by atoms with van der Waals surface area (Å²) >= 11 is 11.8. The molecule has 1 unspecified atom stereocenters. The number of halogens is 2. The highest BCUT2D eigenvalue weighted by atomic mass is 35.5. The van der Waals surface area contributed by atoms with Gasteiger partial charge in [-0.2, -0.15) is 0 Å². The van der Waals surface area contributed by atoms with Gasteiger partial charge in [-0.25, -0.2) is 0 Å². The third-order valence-corrected chi connectivity index (χ3v) is 7.05. The van der Waals surface area contributed by atoms with E-state index in [9.17, 15) is 19.8 Å². The van der Waals surface area contributed by atoms with Crippen LogP contribution in [-0.4, -0.2) is 11.9 Å². The Hall–Kier alpha value is -3.68. The Balaban J connectivity index is 0.000000265. The minimum atomic E-state index is -1.55. The van der Waals surface area contributed by atoms with Gasteiger partial charge in [0, 0.05) is 22.3 Å². The fourth-order valence-corrected chi connectivity index (χ4v) is 4.39. The molecule has 0 aliphatic rings.